The molecule has 0 spiro atoms. The van der Waals surface area contributed by atoms with E-state index in [1.807, 2.05) is 54.1 Å². The molecule has 3 rings (SSSR count). The van der Waals surface area contributed by atoms with Crippen LogP contribution in [0.4, 0.5) is 0 Å². The minimum absolute atomic E-state index is 0.932. The fourth-order valence-corrected chi connectivity index (χ4v) is 2.09. The molecule has 3 nitrogen and oxygen atoms in total. The third kappa shape index (κ3) is 1.52. The largest absolute Gasteiger partial charge is 0.282 e. The number of rotatable bonds is 2. The minimum atomic E-state index is 0.932. The summed E-state index contributed by atoms with van der Waals surface area (Å²) in [6.45, 7) is 5.68. The van der Waals surface area contributed by atoms with Gasteiger partial charge in [0.15, 0.2) is 0 Å². The van der Waals surface area contributed by atoms with E-state index in [4.69, 9.17) is 0 Å². The van der Waals surface area contributed by atoms with Crippen molar-refractivity contribution in [2.75, 3.05) is 0 Å². The first kappa shape index (κ1) is 10.7. The van der Waals surface area contributed by atoms with Crippen LogP contribution in [-0.4, -0.2) is 14.4 Å². The standard InChI is InChI=1S/C15H13N3/c1-3-4-7-12-11(2)16-10-18-14-9-6-5-8-13(14)17-15(12)18/h3-10H,1H2,2H3/b7-4-. The molecular weight excluding hydrogens is 222 g/mol. The number of nitrogens with zero attached hydrogens (tertiary/aromatic N) is 3. The molecule has 1 aromatic carbocycles. The van der Waals surface area contributed by atoms with Crippen LogP contribution < -0.4 is 0 Å². The lowest BCUT2D eigenvalue weighted by atomic mass is 10.2. The predicted molar refractivity (Wildman–Crippen MR) is 74.5 cm³/mol. The van der Waals surface area contributed by atoms with Gasteiger partial charge in [-0.05, 0) is 25.1 Å². The second kappa shape index (κ2) is 4.11. The van der Waals surface area contributed by atoms with Crippen molar-refractivity contribution in [2.24, 2.45) is 0 Å². The van der Waals surface area contributed by atoms with E-state index in [1.54, 1.807) is 6.08 Å². The molecule has 88 valence electrons. The van der Waals surface area contributed by atoms with Crippen molar-refractivity contribution in [3.63, 3.8) is 0 Å². The number of fused-ring (bicyclic) bond motifs is 3. The molecule has 0 saturated heterocycles. The van der Waals surface area contributed by atoms with Gasteiger partial charge in [0.1, 0.15) is 12.0 Å². The number of imidazole rings is 1. The molecule has 0 aliphatic heterocycles. The van der Waals surface area contributed by atoms with Crippen LogP contribution in [-0.2, 0) is 0 Å². The highest BCUT2D eigenvalue weighted by atomic mass is 15.0. The lowest BCUT2D eigenvalue weighted by molar-refractivity contribution is 1.06. The molecule has 0 amide bonds. The topological polar surface area (TPSA) is 30.2 Å². The van der Waals surface area contributed by atoms with E-state index in [1.165, 1.54) is 0 Å². The van der Waals surface area contributed by atoms with Gasteiger partial charge in [-0.15, -0.1) is 0 Å². The zero-order chi connectivity index (χ0) is 12.5. The van der Waals surface area contributed by atoms with Crippen LogP contribution in [0.25, 0.3) is 22.8 Å². The lowest BCUT2D eigenvalue weighted by Gasteiger charge is -2.02. The van der Waals surface area contributed by atoms with Crippen LogP contribution in [0.5, 0.6) is 0 Å². The van der Waals surface area contributed by atoms with Crippen molar-refractivity contribution in [1.29, 1.82) is 0 Å². The third-order valence-electron chi connectivity index (χ3n) is 2.99. The Kier molecular flexibility index (Phi) is 2.45. The summed E-state index contributed by atoms with van der Waals surface area (Å²) in [5.74, 6) is 0. The van der Waals surface area contributed by atoms with Crippen molar-refractivity contribution < 1.29 is 0 Å². The quantitative estimate of drug-likeness (QED) is 0.637. The summed E-state index contributed by atoms with van der Waals surface area (Å²) >= 11 is 0. The van der Waals surface area contributed by atoms with Crippen LogP contribution in [0.2, 0.25) is 0 Å². The monoisotopic (exact) mass is 235 g/mol. The van der Waals surface area contributed by atoms with Gasteiger partial charge in [-0.1, -0.05) is 30.9 Å². The Bertz CT molecular complexity index is 766. The number of aromatic nitrogens is 3. The smallest absolute Gasteiger partial charge is 0.148 e. The Morgan fingerprint density at radius 2 is 2.11 bits per heavy atom. The number of allylic oxidation sites excluding steroid dienone is 2. The van der Waals surface area contributed by atoms with Gasteiger partial charge in [-0.2, -0.15) is 0 Å². The fraction of sp³-hybridized carbons (Fsp3) is 0.0667. The molecule has 2 aromatic heterocycles. The molecule has 0 saturated carbocycles. The Morgan fingerprint density at radius 1 is 1.28 bits per heavy atom. The minimum Gasteiger partial charge on any atom is -0.282 e. The maximum atomic E-state index is 4.67. The molecular formula is C15H13N3. The van der Waals surface area contributed by atoms with E-state index in [9.17, 15) is 0 Å². The Labute approximate surface area is 105 Å². The number of hydrogen-bond donors (Lipinski definition) is 0. The SMILES string of the molecule is C=C/C=C\c1c(C)ncn2c1nc1ccccc12. The summed E-state index contributed by atoms with van der Waals surface area (Å²) in [5.41, 5.74) is 5.00. The molecule has 18 heavy (non-hydrogen) atoms. The predicted octanol–water partition coefficient (Wildman–Crippen LogP) is 3.39. The van der Waals surface area contributed by atoms with Crippen LogP contribution >= 0.6 is 0 Å². The average Bonchev–Trinajstić information content (AvgIpc) is 2.76. The van der Waals surface area contributed by atoms with E-state index in [2.05, 4.69) is 16.5 Å². The Hall–Kier alpha value is -2.42. The number of hydrogen-bond acceptors (Lipinski definition) is 2. The van der Waals surface area contributed by atoms with Gasteiger partial charge >= 0.3 is 0 Å². The van der Waals surface area contributed by atoms with Crippen molar-refractivity contribution in [1.82, 2.24) is 14.4 Å². The molecule has 0 fully saturated rings. The Balaban J connectivity index is 2.43. The van der Waals surface area contributed by atoms with Crippen molar-refractivity contribution >= 4 is 22.8 Å². The summed E-state index contributed by atoms with van der Waals surface area (Å²) in [6, 6.07) is 8.07. The van der Waals surface area contributed by atoms with Crippen LogP contribution in [0, 0.1) is 6.92 Å². The normalized spacial score (nSPS) is 11.6. The highest BCUT2D eigenvalue weighted by molar-refractivity contribution is 5.83. The van der Waals surface area contributed by atoms with E-state index in [0.29, 0.717) is 0 Å². The van der Waals surface area contributed by atoms with E-state index >= 15 is 0 Å². The summed E-state index contributed by atoms with van der Waals surface area (Å²) in [6.07, 6.45) is 7.48. The molecule has 2 heterocycles. The van der Waals surface area contributed by atoms with Gasteiger partial charge in [-0.3, -0.25) is 4.40 Å². The molecule has 0 aliphatic rings. The number of para-hydroxylation sites is 2. The molecule has 3 heteroatoms. The molecule has 0 aliphatic carbocycles. The van der Waals surface area contributed by atoms with Crippen molar-refractivity contribution in [2.45, 2.75) is 6.92 Å². The van der Waals surface area contributed by atoms with Gasteiger partial charge in [0.05, 0.1) is 11.0 Å². The average molecular weight is 235 g/mol. The zero-order valence-electron chi connectivity index (χ0n) is 10.2. The molecule has 0 bridgehead atoms. The Morgan fingerprint density at radius 3 is 2.94 bits per heavy atom. The van der Waals surface area contributed by atoms with E-state index < -0.39 is 0 Å². The summed E-state index contributed by atoms with van der Waals surface area (Å²) in [4.78, 5) is 9.09. The molecule has 0 radical (unpaired) electrons. The van der Waals surface area contributed by atoms with E-state index in [-0.39, 0.29) is 0 Å². The van der Waals surface area contributed by atoms with Crippen molar-refractivity contribution in [3.8, 4) is 0 Å². The molecule has 0 unspecified atom stereocenters. The second-order valence-corrected chi connectivity index (χ2v) is 4.13. The first-order chi connectivity index (χ1) is 8.81. The third-order valence-corrected chi connectivity index (χ3v) is 2.99. The first-order valence-corrected chi connectivity index (χ1v) is 5.83. The summed E-state index contributed by atoms with van der Waals surface area (Å²) in [5, 5.41) is 0. The summed E-state index contributed by atoms with van der Waals surface area (Å²) in [7, 11) is 0. The van der Waals surface area contributed by atoms with Gasteiger partial charge in [0, 0.05) is 11.3 Å². The van der Waals surface area contributed by atoms with Gasteiger partial charge in [0.2, 0.25) is 0 Å². The lowest BCUT2D eigenvalue weighted by Crippen LogP contribution is -1.94. The van der Waals surface area contributed by atoms with Gasteiger partial charge in [0.25, 0.3) is 0 Å². The maximum absolute atomic E-state index is 4.67. The highest BCUT2D eigenvalue weighted by Gasteiger charge is 2.09. The van der Waals surface area contributed by atoms with Crippen LogP contribution in [0.15, 0.2) is 49.3 Å². The summed E-state index contributed by atoms with van der Waals surface area (Å²) < 4.78 is 2.02. The van der Waals surface area contributed by atoms with Crippen LogP contribution in [0.3, 0.4) is 0 Å². The maximum Gasteiger partial charge on any atom is 0.148 e. The van der Waals surface area contributed by atoms with Gasteiger partial charge < -0.3 is 0 Å². The fourth-order valence-electron chi connectivity index (χ4n) is 2.09. The molecule has 0 atom stereocenters. The molecule has 3 aromatic rings. The number of aryl methyl sites for hydroxylation is 1. The highest BCUT2D eigenvalue weighted by Crippen LogP contribution is 2.21. The van der Waals surface area contributed by atoms with E-state index in [0.717, 1.165) is 27.9 Å². The van der Waals surface area contributed by atoms with Crippen molar-refractivity contribution in [3.05, 3.63) is 60.6 Å². The second-order valence-electron chi connectivity index (χ2n) is 4.13. The van der Waals surface area contributed by atoms with Crippen LogP contribution in [0.1, 0.15) is 11.3 Å². The number of benzene rings is 1. The molecule has 0 N–H and O–H groups in total. The first-order valence-electron chi connectivity index (χ1n) is 5.83. The zero-order valence-corrected chi connectivity index (χ0v) is 10.2. The van der Waals surface area contributed by atoms with Gasteiger partial charge in [-0.25, -0.2) is 9.97 Å².